The number of rotatable bonds is 3. The van der Waals surface area contributed by atoms with Crippen molar-refractivity contribution < 1.29 is 0 Å². The van der Waals surface area contributed by atoms with E-state index < -0.39 is 0 Å². The number of hydrogen-bond donors (Lipinski definition) is 0. The molecule has 0 aromatic heterocycles. The third kappa shape index (κ3) is 2.76. The van der Waals surface area contributed by atoms with Crippen LogP contribution in [0.25, 0.3) is 0 Å². The minimum absolute atomic E-state index is 0.0626. The number of alkyl halides is 1. The van der Waals surface area contributed by atoms with Crippen LogP contribution in [0.2, 0.25) is 0 Å². The molecule has 0 aliphatic heterocycles. The van der Waals surface area contributed by atoms with Crippen LogP contribution >= 0.6 is 11.6 Å². The predicted molar refractivity (Wildman–Crippen MR) is 79.4 cm³/mol. The van der Waals surface area contributed by atoms with E-state index in [9.17, 15) is 0 Å². The van der Waals surface area contributed by atoms with E-state index in [2.05, 4.69) is 57.2 Å². The summed E-state index contributed by atoms with van der Waals surface area (Å²) >= 11 is 6.57. The molecule has 1 atom stereocenters. The lowest BCUT2D eigenvalue weighted by Gasteiger charge is -2.14. The smallest absolute Gasteiger partial charge is 0.0838 e. The van der Waals surface area contributed by atoms with E-state index in [-0.39, 0.29) is 5.38 Å². The maximum absolute atomic E-state index is 6.57. The van der Waals surface area contributed by atoms with Crippen molar-refractivity contribution in [1.29, 1.82) is 0 Å². The average molecular weight is 259 g/mol. The van der Waals surface area contributed by atoms with Crippen LogP contribution in [-0.2, 0) is 0 Å². The van der Waals surface area contributed by atoms with Gasteiger partial charge >= 0.3 is 0 Å². The van der Waals surface area contributed by atoms with Crippen molar-refractivity contribution >= 4 is 11.6 Å². The molecule has 0 amide bonds. The second-order valence-electron chi connectivity index (χ2n) is 5.04. The van der Waals surface area contributed by atoms with Crippen LogP contribution < -0.4 is 0 Å². The summed E-state index contributed by atoms with van der Waals surface area (Å²) < 4.78 is 0. The Morgan fingerprint density at radius 2 is 1.39 bits per heavy atom. The first-order valence-corrected chi connectivity index (χ1v) is 6.82. The molecule has 2 aromatic rings. The third-order valence-electron chi connectivity index (χ3n) is 3.36. The van der Waals surface area contributed by atoms with Gasteiger partial charge in [0.2, 0.25) is 0 Å². The van der Waals surface area contributed by atoms with Crippen LogP contribution in [0.15, 0.2) is 48.5 Å². The molecule has 2 rings (SSSR count). The average Bonchev–Trinajstić information content (AvgIpc) is 2.38. The van der Waals surface area contributed by atoms with Gasteiger partial charge in [0.25, 0.3) is 0 Å². The van der Waals surface area contributed by atoms with Gasteiger partial charge < -0.3 is 0 Å². The topological polar surface area (TPSA) is 0 Å². The monoisotopic (exact) mass is 258 g/mol. The Labute approximate surface area is 115 Å². The van der Waals surface area contributed by atoms with E-state index in [0.29, 0.717) is 5.92 Å². The number of halogens is 1. The quantitative estimate of drug-likeness (QED) is 0.643. The van der Waals surface area contributed by atoms with Crippen molar-refractivity contribution in [1.82, 2.24) is 0 Å². The molecule has 0 aliphatic rings. The van der Waals surface area contributed by atoms with Gasteiger partial charge in [-0.1, -0.05) is 62.4 Å². The summed E-state index contributed by atoms with van der Waals surface area (Å²) in [6, 6.07) is 16.9. The minimum atomic E-state index is -0.0626. The summed E-state index contributed by atoms with van der Waals surface area (Å²) in [6.45, 7) is 6.51. The lowest BCUT2D eigenvalue weighted by Crippen LogP contribution is -1.97. The Balaban J connectivity index is 2.29. The summed E-state index contributed by atoms with van der Waals surface area (Å²) in [7, 11) is 0. The molecule has 0 saturated heterocycles. The highest BCUT2D eigenvalue weighted by Crippen LogP contribution is 2.31. The van der Waals surface area contributed by atoms with E-state index >= 15 is 0 Å². The standard InChI is InChI=1S/C17H19Cl/c1-12(2)14-8-10-15(11-9-14)17(18)16-7-5-4-6-13(16)3/h4-12,17H,1-3H3. The molecule has 0 nitrogen and oxygen atoms in total. The number of aryl methyl sites for hydroxylation is 1. The summed E-state index contributed by atoms with van der Waals surface area (Å²) in [5.74, 6) is 0.561. The molecular weight excluding hydrogens is 240 g/mol. The zero-order valence-corrected chi connectivity index (χ0v) is 11.9. The van der Waals surface area contributed by atoms with Crippen molar-refractivity contribution in [3.8, 4) is 0 Å². The molecule has 94 valence electrons. The zero-order chi connectivity index (χ0) is 13.1. The molecule has 0 bridgehead atoms. The first kappa shape index (κ1) is 13.2. The van der Waals surface area contributed by atoms with E-state index in [0.717, 1.165) is 5.56 Å². The molecule has 0 spiro atoms. The molecule has 18 heavy (non-hydrogen) atoms. The molecule has 0 radical (unpaired) electrons. The Hall–Kier alpha value is -1.27. The van der Waals surface area contributed by atoms with Gasteiger partial charge in [0.1, 0.15) is 0 Å². The second-order valence-corrected chi connectivity index (χ2v) is 5.48. The van der Waals surface area contributed by atoms with Crippen molar-refractivity contribution in [2.45, 2.75) is 32.1 Å². The van der Waals surface area contributed by atoms with E-state index in [1.54, 1.807) is 0 Å². The SMILES string of the molecule is Cc1ccccc1C(Cl)c1ccc(C(C)C)cc1. The fourth-order valence-corrected chi connectivity index (χ4v) is 2.49. The van der Waals surface area contributed by atoms with Gasteiger partial charge in [-0.3, -0.25) is 0 Å². The largest absolute Gasteiger partial charge is 0.113 e. The number of benzene rings is 2. The summed E-state index contributed by atoms with van der Waals surface area (Å²) in [5.41, 5.74) is 4.95. The van der Waals surface area contributed by atoms with Gasteiger partial charge in [-0.05, 0) is 35.1 Å². The first-order chi connectivity index (χ1) is 8.59. The zero-order valence-electron chi connectivity index (χ0n) is 11.2. The van der Waals surface area contributed by atoms with Gasteiger partial charge in [-0.2, -0.15) is 0 Å². The van der Waals surface area contributed by atoms with Crippen LogP contribution in [0.5, 0.6) is 0 Å². The molecule has 1 heteroatoms. The van der Waals surface area contributed by atoms with Gasteiger partial charge in [0.05, 0.1) is 5.38 Å². The Bertz CT molecular complexity index is 511. The minimum Gasteiger partial charge on any atom is -0.113 e. The molecule has 0 fully saturated rings. The van der Waals surface area contributed by atoms with Gasteiger partial charge in [0, 0.05) is 0 Å². The normalized spacial score (nSPS) is 12.7. The van der Waals surface area contributed by atoms with Crippen LogP contribution in [0, 0.1) is 6.92 Å². The predicted octanol–water partition coefficient (Wildman–Crippen LogP) is 5.45. The Kier molecular flexibility index (Phi) is 4.08. The van der Waals surface area contributed by atoms with E-state index in [1.165, 1.54) is 16.7 Å². The molecule has 0 saturated carbocycles. The molecule has 0 heterocycles. The third-order valence-corrected chi connectivity index (χ3v) is 3.84. The van der Waals surface area contributed by atoms with Crippen LogP contribution in [0.1, 0.15) is 47.4 Å². The van der Waals surface area contributed by atoms with Crippen molar-refractivity contribution in [2.24, 2.45) is 0 Å². The Morgan fingerprint density at radius 3 is 1.94 bits per heavy atom. The first-order valence-electron chi connectivity index (χ1n) is 6.39. The lowest BCUT2D eigenvalue weighted by atomic mass is 9.97. The maximum Gasteiger partial charge on any atom is 0.0838 e. The molecule has 0 aliphatic carbocycles. The van der Waals surface area contributed by atoms with Gasteiger partial charge in [-0.15, -0.1) is 11.6 Å². The maximum atomic E-state index is 6.57. The summed E-state index contributed by atoms with van der Waals surface area (Å²) in [5, 5.41) is -0.0626. The molecular formula is C17H19Cl. The van der Waals surface area contributed by atoms with E-state index in [4.69, 9.17) is 11.6 Å². The fourth-order valence-electron chi connectivity index (χ4n) is 2.10. The highest BCUT2D eigenvalue weighted by molar-refractivity contribution is 6.22. The van der Waals surface area contributed by atoms with Gasteiger partial charge in [0.15, 0.2) is 0 Å². The molecule has 2 aromatic carbocycles. The molecule has 1 unspecified atom stereocenters. The summed E-state index contributed by atoms with van der Waals surface area (Å²) in [4.78, 5) is 0. The summed E-state index contributed by atoms with van der Waals surface area (Å²) in [6.07, 6.45) is 0. The van der Waals surface area contributed by atoms with Gasteiger partial charge in [-0.25, -0.2) is 0 Å². The van der Waals surface area contributed by atoms with Crippen molar-refractivity contribution in [3.05, 3.63) is 70.8 Å². The van der Waals surface area contributed by atoms with Crippen molar-refractivity contribution in [3.63, 3.8) is 0 Å². The fraction of sp³-hybridized carbons (Fsp3) is 0.294. The highest BCUT2D eigenvalue weighted by Gasteiger charge is 2.12. The van der Waals surface area contributed by atoms with E-state index in [1.807, 2.05) is 12.1 Å². The van der Waals surface area contributed by atoms with Crippen molar-refractivity contribution in [2.75, 3.05) is 0 Å². The lowest BCUT2D eigenvalue weighted by molar-refractivity contribution is 0.865. The molecule has 0 N–H and O–H groups in total. The highest BCUT2D eigenvalue weighted by atomic mass is 35.5. The van der Waals surface area contributed by atoms with Crippen LogP contribution in [0.3, 0.4) is 0 Å². The van der Waals surface area contributed by atoms with Crippen LogP contribution in [-0.4, -0.2) is 0 Å². The second kappa shape index (κ2) is 5.58. The number of hydrogen-bond acceptors (Lipinski definition) is 0. The van der Waals surface area contributed by atoms with Crippen LogP contribution in [0.4, 0.5) is 0 Å². The Morgan fingerprint density at radius 1 is 0.833 bits per heavy atom.